The number of hydrogen-bond acceptors (Lipinski definition) is 5. The first-order chi connectivity index (χ1) is 8.46. The van der Waals surface area contributed by atoms with Gasteiger partial charge in [0.05, 0.1) is 12.1 Å². The molecule has 18 heavy (non-hydrogen) atoms. The number of aromatic nitrogens is 2. The van der Waals surface area contributed by atoms with Crippen molar-refractivity contribution in [2.24, 2.45) is 0 Å². The number of ether oxygens (including phenoxy) is 1. The lowest BCUT2D eigenvalue weighted by Gasteiger charge is -2.08. The summed E-state index contributed by atoms with van der Waals surface area (Å²) in [7, 11) is 0. The van der Waals surface area contributed by atoms with E-state index in [4.69, 9.17) is 10.5 Å². The zero-order valence-electron chi connectivity index (χ0n) is 9.20. The fourth-order valence-electron chi connectivity index (χ4n) is 1.39. The Labute approximate surface area is 105 Å². The minimum Gasteiger partial charge on any atom is -0.477 e. The van der Waals surface area contributed by atoms with Crippen molar-refractivity contribution in [2.75, 3.05) is 12.3 Å². The molecule has 4 nitrogen and oxygen atoms in total. The van der Waals surface area contributed by atoms with Crippen molar-refractivity contribution in [2.45, 2.75) is 19.0 Å². The summed E-state index contributed by atoms with van der Waals surface area (Å²) in [5.41, 5.74) is 6.12. The van der Waals surface area contributed by atoms with Crippen LogP contribution in [0.15, 0.2) is 11.4 Å². The largest absolute Gasteiger partial charge is 0.477 e. The van der Waals surface area contributed by atoms with Crippen LogP contribution in [0.2, 0.25) is 0 Å². The van der Waals surface area contributed by atoms with Crippen LogP contribution in [0, 0.1) is 0 Å². The molecule has 2 rings (SSSR count). The Morgan fingerprint density at radius 3 is 2.83 bits per heavy atom. The molecule has 0 radical (unpaired) electrons. The molecule has 2 aromatic heterocycles. The van der Waals surface area contributed by atoms with Crippen LogP contribution in [0.1, 0.15) is 12.8 Å². The molecule has 98 valence electrons. The zero-order chi connectivity index (χ0) is 13.2. The van der Waals surface area contributed by atoms with Crippen LogP contribution in [0.3, 0.4) is 0 Å². The molecule has 0 aliphatic rings. The summed E-state index contributed by atoms with van der Waals surface area (Å²) in [6.45, 7) is -0.0526. The second-order valence-electron chi connectivity index (χ2n) is 3.59. The number of thiophene rings is 1. The molecule has 2 heterocycles. The Balaban J connectivity index is 2.01. The Bertz CT molecular complexity index is 541. The van der Waals surface area contributed by atoms with E-state index >= 15 is 0 Å². The third-order valence-corrected chi connectivity index (χ3v) is 3.02. The third kappa shape index (κ3) is 3.22. The number of alkyl halides is 3. The topological polar surface area (TPSA) is 61.0 Å². The molecule has 0 saturated carbocycles. The molecular weight excluding hydrogens is 267 g/mol. The summed E-state index contributed by atoms with van der Waals surface area (Å²) in [6.07, 6.45) is -5.15. The first-order valence-corrected chi connectivity index (χ1v) is 6.04. The van der Waals surface area contributed by atoms with E-state index in [9.17, 15) is 13.2 Å². The first kappa shape index (κ1) is 12.9. The number of hydrogen-bond donors (Lipinski definition) is 1. The van der Waals surface area contributed by atoms with Crippen LogP contribution in [-0.4, -0.2) is 22.8 Å². The van der Waals surface area contributed by atoms with E-state index in [1.807, 2.05) is 0 Å². The maximum atomic E-state index is 11.9. The van der Waals surface area contributed by atoms with Gasteiger partial charge >= 0.3 is 6.18 Å². The highest BCUT2D eigenvalue weighted by atomic mass is 32.1. The van der Waals surface area contributed by atoms with Crippen molar-refractivity contribution in [1.29, 1.82) is 0 Å². The summed E-state index contributed by atoms with van der Waals surface area (Å²) in [5.74, 6) is 0.293. The maximum Gasteiger partial charge on any atom is 0.389 e. The first-order valence-electron chi connectivity index (χ1n) is 5.16. The fourth-order valence-corrected chi connectivity index (χ4v) is 2.17. The summed E-state index contributed by atoms with van der Waals surface area (Å²) in [5, 5.41) is 1.79. The van der Waals surface area contributed by atoms with E-state index < -0.39 is 12.6 Å². The number of nitrogens with zero attached hydrogens (tertiary/aromatic N) is 2. The minimum absolute atomic E-state index is 0.0479. The van der Waals surface area contributed by atoms with Gasteiger partial charge in [0.1, 0.15) is 4.70 Å². The van der Waals surface area contributed by atoms with Crippen molar-refractivity contribution in [3.8, 4) is 5.88 Å². The number of halogens is 3. The quantitative estimate of drug-likeness (QED) is 0.873. The van der Waals surface area contributed by atoms with Gasteiger partial charge in [0.15, 0.2) is 0 Å². The van der Waals surface area contributed by atoms with Crippen LogP contribution in [0.5, 0.6) is 5.88 Å². The van der Waals surface area contributed by atoms with E-state index in [2.05, 4.69) is 9.97 Å². The minimum atomic E-state index is -4.16. The second-order valence-corrected chi connectivity index (χ2v) is 4.51. The van der Waals surface area contributed by atoms with Gasteiger partial charge in [0.2, 0.25) is 11.8 Å². The Hall–Kier alpha value is -1.57. The number of rotatable bonds is 4. The van der Waals surface area contributed by atoms with Crippen molar-refractivity contribution in [3.63, 3.8) is 0 Å². The molecule has 0 unspecified atom stereocenters. The molecule has 0 saturated heterocycles. The van der Waals surface area contributed by atoms with Gasteiger partial charge in [0, 0.05) is 6.42 Å². The number of fused-ring (bicyclic) bond motifs is 1. The summed E-state index contributed by atoms with van der Waals surface area (Å²) in [6, 6.07) is 1.75. The van der Waals surface area contributed by atoms with E-state index in [1.54, 1.807) is 11.4 Å². The number of nitrogen functional groups attached to an aromatic ring is 1. The van der Waals surface area contributed by atoms with Crippen LogP contribution in [-0.2, 0) is 0 Å². The molecule has 0 aliphatic carbocycles. The van der Waals surface area contributed by atoms with E-state index in [-0.39, 0.29) is 24.9 Å². The molecule has 2 aromatic rings. The highest BCUT2D eigenvalue weighted by Gasteiger charge is 2.26. The smallest absolute Gasteiger partial charge is 0.389 e. The average molecular weight is 277 g/mol. The summed E-state index contributed by atoms with van der Waals surface area (Å²) in [4.78, 5) is 7.86. The third-order valence-electron chi connectivity index (χ3n) is 2.13. The molecule has 2 N–H and O–H groups in total. The molecule has 0 atom stereocenters. The van der Waals surface area contributed by atoms with Crippen LogP contribution >= 0.6 is 11.3 Å². The predicted octanol–water partition coefficient (Wildman–Crippen LogP) is 2.99. The summed E-state index contributed by atoms with van der Waals surface area (Å²) >= 11 is 1.36. The van der Waals surface area contributed by atoms with Crippen LogP contribution < -0.4 is 10.5 Å². The highest BCUT2D eigenvalue weighted by molar-refractivity contribution is 7.17. The number of nitrogens with two attached hydrogens (primary N) is 1. The van der Waals surface area contributed by atoms with Gasteiger partial charge in [-0.3, -0.25) is 0 Å². The van der Waals surface area contributed by atoms with Gasteiger partial charge in [-0.1, -0.05) is 0 Å². The standard InChI is InChI=1S/C10H10F3N3OS/c11-10(12,13)3-1-4-17-8-7-6(2-5-18-7)15-9(14)16-8/h2,5H,1,3-4H2,(H2,14,15,16). The van der Waals surface area contributed by atoms with Gasteiger partial charge in [-0.05, 0) is 17.9 Å². The van der Waals surface area contributed by atoms with Gasteiger partial charge in [-0.15, -0.1) is 11.3 Å². The number of anilines is 1. The van der Waals surface area contributed by atoms with Gasteiger partial charge in [-0.25, -0.2) is 4.98 Å². The van der Waals surface area contributed by atoms with Gasteiger partial charge < -0.3 is 10.5 Å². The molecule has 0 amide bonds. The second kappa shape index (κ2) is 4.97. The molecule has 0 spiro atoms. The molecule has 0 fully saturated rings. The van der Waals surface area contributed by atoms with Crippen molar-refractivity contribution in [3.05, 3.63) is 11.4 Å². The Morgan fingerprint density at radius 1 is 1.33 bits per heavy atom. The molecule has 0 aliphatic heterocycles. The molecule has 0 aromatic carbocycles. The maximum absolute atomic E-state index is 11.9. The predicted molar refractivity (Wildman–Crippen MR) is 62.6 cm³/mol. The van der Waals surface area contributed by atoms with Crippen LogP contribution in [0.25, 0.3) is 10.2 Å². The van der Waals surface area contributed by atoms with Crippen molar-refractivity contribution in [1.82, 2.24) is 9.97 Å². The molecule has 0 bridgehead atoms. The Morgan fingerprint density at radius 2 is 2.11 bits per heavy atom. The molecule has 8 heteroatoms. The lowest BCUT2D eigenvalue weighted by atomic mass is 10.3. The molecular formula is C10H10F3N3OS. The Kier molecular flexibility index (Phi) is 3.55. The van der Waals surface area contributed by atoms with E-state index in [1.165, 1.54) is 11.3 Å². The van der Waals surface area contributed by atoms with Gasteiger partial charge in [0.25, 0.3) is 0 Å². The lowest BCUT2D eigenvalue weighted by molar-refractivity contribution is -0.136. The van der Waals surface area contributed by atoms with E-state index in [0.717, 1.165) is 0 Å². The average Bonchev–Trinajstić information content (AvgIpc) is 2.70. The van der Waals surface area contributed by atoms with Gasteiger partial charge in [-0.2, -0.15) is 18.2 Å². The highest BCUT2D eigenvalue weighted by Crippen LogP contribution is 2.29. The van der Waals surface area contributed by atoms with Crippen molar-refractivity contribution >= 4 is 27.5 Å². The fraction of sp³-hybridized carbons (Fsp3) is 0.400. The zero-order valence-corrected chi connectivity index (χ0v) is 10.0. The van der Waals surface area contributed by atoms with Crippen molar-refractivity contribution < 1.29 is 17.9 Å². The van der Waals surface area contributed by atoms with Crippen LogP contribution in [0.4, 0.5) is 19.1 Å². The summed E-state index contributed by atoms with van der Waals surface area (Å²) < 4.78 is 41.8. The normalized spacial score (nSPS) is 11.9. The van der Waals surface area contributed by atoms with E-state index in [0.29, 0.717) is 10.2 Å². The lowest BCUT2D eigenvalue weighted by Crippen LogP contribution is -2.10. The SMILES string of the molecule is Nc1nc(OCCCC(F)(F)F)c2sccc2n1. The monoisotopic (exact) mass is 277 g/mol.